The summed E-state index contributed by atoms with van der Waals surface area (Å²) in [6.45, 7) is 0. The Bertz CT molecular complexity index is 417. The predicted molar refractivity (Wildman–Crippen MR) is 63.5 cm³/mol. The maximum absolute atomic E-state index is 5.64. The minimum Gasteiger partial charge on any atom is -0.455 e. The predicted octanol–water partition coefficient (Wildman–Crippen LogP) is 3.48. The van der Waals surface area contributed by atoms with Crippen molar-refractivity contribution < 1.29 is 4.74 Å². The second-order valence-electron chi connectivity index (χ2n) is 2.72. The Morgan fingerprint density at radius 1 is 1.07 bits per heavy atom. The number of benzene rings is 1. The van der Waals surface area contributed by atoms with Crippen molar-refractivity contribution in [3.8, 4) is 11.5 Å². The molecule has 1 aromatic carbocycles. The molecule has 0 fully saturated rings. The van der Waals surface area contributed by atoms with Gasteiger partial charge in [-0.1, -0.05) is 12.1 Å². The lowest BCUT2D eigenvalue weighted by Crippen LogP contribution is -1.86. The molecule has 0 aliphatic rings. The minimum atomic E-state index is 0.761. The van der Waals surface area contributed by atoms with Crippen molar-refractivity contribution >= 4 is 22.6 Å². The normalized spacial score (nSPS) is 9.79. The van der Waals surface area contributed by atoms with Crippen LogP contribution >= 0.6 is 22.6 Å². The van der Waals surface area contributed by atoms with Crippen LogP contribution in [0.3, 0.4) is 0 Å². The summed E-state index contributed by atoms with van der Waals surface area (Å²) < 4.78 is 6.73. The molecule has 0 radical (unpaired) electrons. The summed E-state index contributed by atoms with van der Waals surface area (Å²) in [6.07, 6.45) is 3.42. The van der Waals surface area contributed by atoms with Crippen molar-refractivity contribution in [2.75, 3.05) is 0 Å². The van der Waals surface area contributed by atoms with Gasteiger partial charge in [0.25, 0.3) is 0 Å². The van der Waals surface area contributed by atoms with E-state index in [1.807, 2.05) is 36.4 Å². The summed E-state index contributed by atoms with van der Waals surface area (Å²) in [6, 6.07) is 11.6. The third-order valence-corrected chi connectivity index (χ3v) is 2.59. The summed E-state index contributed by atoms with van der Waals surface area (Å²) in [7, 11) is 0. The lowest BCUT2D eigenvalue weighted by Gasteiger charge is -2.05. The highest BCUT2D eigenvalue weighted by atomic mass is 127. The third kappa shape index (κ3) is 2.23. The fourth-order valence-electron chi connectivity index (χ4n) is 1.06. The monoisotopic (exact) mass is 297 g/mol. The van der Waals surface area contributed by atoms with E-state index in [-0.39, 0.29) is 0 Å². The summed E-state index contributed by atoms with van der Waals surface area (Å²) >= 11 is 2.24. The molecule has 3 heteroatoms. The minimum absolute atomic E-state index is 0.761. The number of para-hydroxylation sites is 1. The van der Waals surface area contributed by atoms with Crippen molar-refractivity contribution in [3.05, 3.63) is 52.4 Å². The Hall–Kier alpha value is -1.10. The van der Waals surface area contributed by atoms with Crippen molar-refractivity contribution in [1.82, 2.24) is 4.98 Å². The van der Waals surface area contributed by atoms with Crippen LogP contribution < -0.4 is 4.74 Å². The van der Waals surface area contributed by atoms with E-state index in [1.165, 1.54) is 0 Å². The van der Waals surface area contributed by atoms with Gasteiger partial charge in [0.15, 0.2) is 0 Å². The highest BCUT2D eigenvalue weighted by Crippen LogP contribution is 2.25. The van der Waals surface area contributed by atoms with Gasteiger partial charge in [-0.05, 0) is 46.9 Å². The molecule has 0 amide bonds. The Labute approximate surface area is 96.1 Å². The largest absolute Gasteiger partial charge is 0.455 e. The number of nitrogens with zero attached hydrogens (tertiary/aromatic N) is 1. The Kier molecular flexibility index (Phi) is 2.98. The molecule has 0 saturated carbocycles. The first-order valence-corrected chi connectivity index (χ1v) is 5.26. The van der Waals surface area contributed by atoms with E-state index in [0.29, 0.717) is 0 Å². The Morgan fingerprint density at radius 3 is 2.64 bits per heavy atom. The molecule has 2 aromatic rings. The summed E-state index contributed by atoms with van der Waals surface area (Å²) in [5.74, 6) is 1.62. The molecule has 2 rings (SSSR count). The number of hydrogen-bond donors (Lipinski definition) is 0. The first kappa shape index (κ1) is 9.45. The second-order valence-corrected chi connectivity index (χ2v) is 3.88. The van der Waals surface area contributed by atoms with Crippen LogP contribution in [0.1, 0.15) is 0 Å². The van der Waals surface area contributed by atoms with E-state index in [1.54, 1.807) is 12.4 Å². The molecule has 0 aliphatic heterocycles. The van der Waals surface area contributed by atoms with Crippen molar-refractivity contribution in [1.29, 1.82) is 0 Å². The topological polar surface area (TPSA) is 22.1 Å². The molecule has 0 spiro atoms. The highest BCUT2D eigenvalue weighted by Gasteiger charge is 1.99. The van der Waals surface area contributed by atoms with Crippen LogP contribution in [0.5, 0.6) is 11.5 Å². The van der Waals surface area contributed by atoms with Crippen LogP contribution in [-0.2, 0) is 0 Å². The van der Waals surface area contributed by atoms with Crippen LogP contribution in [-0.4, -0.2) is 4.98 Å². The van der Waals surface area contributed by atoms with Crippen LogP contribution in [0.2, 0.25) is 0 Å². The smallest absolute Gasteiger partial charge is 0.145 e. The third-order valence-electron chi connectivity index (χ3n) is 1.70. The number of pyridine rings is 1. The van der Waals surface area contributed by atoms with E-state index in [4.69, 9.17) is 4.74 Å². The lowest BCUT2D eigenvalue weighted by molar-refractivity contribution is 0.477. The van der Waals surface area contributed by atoms with Crippen LogP contribution in [0.4, 0.5) is 0 Å². The molecular formula is C11H8INO. The number of aromatic nitrogens is 1. The Balaban J connectivity index is 2.24. The van der Waals surface area contributed by atoms with Gasteiger partial charge in [-0.25, -0.2) is 0 Å². The van der Waals surface area contributed by atoms with E-state index in [2.05, 4.69) is 27.6 Å². The Morgan fingerprint density at radius 2 is 1.93 bits per heavy atom. The van der Waals surface area contributed by atoms with Crippen molar-refractivity contribution in [2.24, 2.45) is 0 Å². The number of rotatable bonds is 2. The van der Waals surface area contributed by atoms with Crippen molar-refractivity contribution in [3.63, 3.8) is 0 Å². The maximum Gasteiger partial charge on any atom is 0.145 e. The molecule has 14 heavy (non-hydrogen) atoms. The summed E-state index contributed by atoms with van der Waals surface area (Å²) in [5.41, 5.74) is 0. The summed E-state index contributed by atoms with van der Waals surface area (Å²) in [5, 5.41) is 0. The molecule has 0 bridgehead atoms. The first-order valence-electron chi connectivity index (χ1n) is 4.18. The molecule has 1 heterocycles. The number of hydrogen-bond acceptors (Lipinski definition) is 2. The summed E-state index contributed by atoms with van der Waals surface area (Å²) in [4.78, 5) is 3.98. The van der Waals surface area contributed by atoms with Gasteiger partial charge >= 0.3 is 0 Å². The molecule has 0 unspecified atom stereocenters. The molecule has 0 N–H and O–H groups in total. The van der Waals surface area contributed by atoms with Gasteiger partial charge < -0.3 is 4.74 Å². The molecule has 70 valence electrons. The van der Waals surface area contributed by atoms with Gasteiger partial charge in [0.05, 0.1) is 9.77 Å². The molecular weight excluding hydrogens is 289 g/mol. The quantitative estimate of drug-likeness (QED) is 0.792. The lowest BCUT2D eigenvalue weighted by atomic mass is 10.3. The van der Waals surface area contributed by atoms with Crippen molar-refractivity contribution in [2.45, 2.75) is 0 Å². The average Bonchev–Trinajstić information content (AvgIpc) is 2.23. The van der Waals surface area contributed by atoms with Gasteiger partial charge in [0.1, 0.15) is 11.5 Å². The van der Waals surface area contributed by atoms with Crippen LogP contribution in [0.15, 0.2) is 48.8 Å². The van der Waals surface area contributed by atoms with Gasteiger partial charge in [0, 0.05) is 6.20 Å². The van der Waals surface area contributed by atoms with E-state index >= 15 is 0 Å². The maximum atomic E-state index is 5.64. The van der Waals surface area contributed by atoms with Gasteiger partial charge in [0.2, 0.25) is 0 Å². The molecule has 0 atom stereocenters. The molecule has 1 aromatic heterocycles. The van der Waals surface area contributed by atoms with Gasteiger partial charge in [-0.3, -0.25) is 4.98 Å². The number of halogens is 1. The van der Waals surface area contributed by atoms with E-state index < -0.39 is 0 Å². The van der Waals surface area contributed by atoms with E-state index in [9.17, 15) is 0 Å². The van der Waals surface area contributed by atoms with Gasteiger partial charge in [-0.15, -0.1) is 0 Å². The number of ether oxygens (including phenoxy) is 1. The first-order chi connectivity index (χ1) is 6.86. The van der Waals surface area contributed by atoms with Gasteiger partial charge in [-0.2, -0.15) is 0 Å². The fourth-order valence-corrected chi connectivity index (χ4v) is 1.56. The SMILES string of the molecule is Ic1ccccc1Oc1cccnc1. The average molecular weight is 297 g/mol. The highest BCUT2D eigenvalue weighted by molar-refractivity contribution is 14.1. The second kappa shape index (κ2) is 4.41. The fraction of sp³-hybridized carbons (Fsp3) is 0. The molecule has 0 saturated heterocycles. The standard InChI is InChI=1S/C11H8INO/c12-10-5-1-2-6-11(10)14-9-4-3-7-13-8-9/h1-8H. The van der Waals surface area contributed by atoms with Crippen LogP contribution in [0.25, 0.3) is 0 Å². The molecule has 2 nitrogen and oxygen atoms in total. The molecule has 0 aliphatic carbocycles. The zero-order valence-electron chi connectivity index (χ0n) is 7.35. The zero-order chi connectivity index (χ0) is 9.80. The van der Waals surface area contributed by atoms with E-state index in [0.717, 1.165) is 15.1 Å². The van der Waals surface area contributed by atoms with Crippen LogP contribution in [0, 0.1) is 3.57 Å². The zero-order valence-corrected chi connectivity index (χ0v) is 9.51.